The van der Waals surface area contributed by atoms with Gasteiger partial charge in [0, 0.05) is 6.54 Å². The molecule has 2 rings (SSSR count). The highest BCUT2D eigenvalue weighted by atomic mass is 32.2. The molecule has 0 aromatic heterocycles. The van der Waals surface area contributed by atoms with Crippen LogP contribution in [0.25, 0.3) is 0 Å². The SMILES string of the molecule is CC(C)c1ccc(C(NC(=O)CN2CCCS2(=O)=O)C(C)C)cc1. The lowest BCUT2D eigenvalue weighted by Gasteiger charge is -2.24. The zero-order valence-electron chi connectivity index (χ0n) is 15.0. The Morgan fingerprint density at radius 2 is 1.71 bits per heavy atom. The van der Waals surface area contributed by atoms with E-state index in [1.807, 2.05) is 26.0 Å². The van der Waals surface area contributed by atoms with Crippen molar-refractivity contribution in [3.63, 3.8) is 0 Å². The van der Waals surface area contributed by atoms with Gasteiger partial charge in [-0.25, -0.2) is 8.42 Å². The zero-order valence-corrected chi connectivity index (χ0v) is 15.8. The molecule has 0 spiro atoms. The summed E-state index contributed by atoms with van der Waals surface area (Å²) >= 11 is 0. The van der Waals surface area contributed by atoms with E-state index in [-0.39, 0.29) is 30.2 Å². The molecule has 24 heavy (non-hydrogen) atoms. The molecule has 1 aromatic carbocycles. The molecular formula is C18H28N2O3S. The molecule has 1 heterocycles. The van der Waals surface area contributed by atoms with Crippen LogP contribution in [0.1, 0.15) is 57.2 Å². The van der Waals surface area contributed by atoms with Crippen molar-refractivity contribution in [1.82, 2.24) is 9.62 Å². The van der Waals surface area contributed by atoms with Crippen molar-refractivity contribution in [3.8, 4) is 0 Å². The van der Waals surface area contributed by atoms with Crippen LogP contribution in [0, 0.1) is 5.92 Å². The molecule has 1 N–H and O–H groups in total. The molecule has 1 amide bonds. The van der Waals surface area contributed by atoms with Gasteiger partial charge in [-0.05, 0) is 29.4 Å². The zero-order chi connectivity index (χ0) is 17.9. The van der Waals surface area contributed by atoms with Gasteiger partial charge in [-0.2, -0.15) is 4.31 Å². The number of amides is 1. The fraction of sp³-hybridized carbons (Fsp3) is 0.611. The molecule has 1 aromatic rings. The Hall–Kier alpha value is -1.40. The van der Waals surface area contributed by atoms with Crippen molar-refractivity contribution in [1.29, 1.82) is 0 Å². The first-order chi connectivity index (χ1) is 11.2. The van der Waals surface area contributed by atoms with Crippen molar-refractivity contribution >= 4 is 15.9 Å². The lowest BCUT2D eigenvalue weighted by Crippen LogP contribution is -2.40. The van der Waals surface area contributed by atoms with Gasteiger partial charge in [0.25, 0.3) is 0 Å². The number of nitrogens with zero attached hydrogens (tertiary/aromatic N) is 1. The van der Waals surface area contributed by atoms with Gasteiger partial charge in [0.05, 0.1) is 18.3 Å². The molecule has 0 aliphatic carbocycles. The number of carbonyl (C=O) groups is 1. The topological polar surface area (TPSA) is 66.5 Å². The van der Waals surface area contributed by atoms with Gasteiger partial charge in [0.2, 0.25) is 15.9 Å². The first-order valence-electron chi connectivity index (χ1n) is 8.57. The Morgan fingerprint density at radius 1 is 1.12 bits per heavy atom. The fourth-order valence-electron chi connectivity index (χ4n) is 2.97. The largest absolute Gasteiger partial charge is 0.348 e. The van der Waals surface area contributed by atoms with Crippen LogP contribution in [0.15, 0.2) is 24.3 Å². The number of benzene rings is 1. The summed E-state index contributed by atoms with van der Waals surface area (Å²) in [5, 5.41) is 3.00. The van der Waals surface area contributed by atoms with E-state index in [0.717, 1.165) is 5.56 Å². The Morgan fingerprint density at radius 3 is 2.17 bits per heavy atom. The third-order valence-corrected chi connectivity index (χ3v) is 6.37. The van der Waals surface area contributed by atoms with Crippen LogP contribution < -0.4 is 5.32 Å². The van der Waals surface area contributed by atoms with Gasteiger partial charge >= 0.3 is 0 Å². The lowest BCUT2D eigenvalue weighted by atomic mass is 9.93. The summed E-state index contributed by atoms with van der Waals surface area (Å²) in [7, 11) is -3.25. The summed E-state index contributed by atoms with van der Waals surface area (Å²) in [6.45, 7) is 8.74. The maximum absolute atomic E-state index is 12.3. The van der Waals surface area contributed by atoms with E-state index >= 15 is 0 Å². The molecule has 1 saturated heterocycles. The van der Waals surface area contributed by atoms with Gasteiger partial charge in [-0.15, -0.1) is 0 Å². The second-order valence-electron chi connectivity index (χ2n) is 7.11. The molecule has 1 fully saturated rings. The lowest BCUT2D eigenvalue weighted by molar-refractivity contribution is -0.122. The molecule has 0 radical (unpaired) electrons. The van der Waals surface area contributed by atoms with Crippen molar-refractivity contribution in [2.75, 3.05) is 18.8 Å². The highest BCUT2D eigenvalue weighted by Crippen LogP contribution is 2.24. The number of hydrogen-bond acceptors (Lipinski definition) is 3. The molecule has 5 nitrogen and oxygen atoms in total. The Kier molecular flexibility index (Phi) is 6.04. The second kappa shape index (κ2) is 7.66. The van der Waals surface area contributed by atoms with Gasteiger partial charge in [0.1, 0.15) is 0 Å². The van der Waals surface area contributed by atoms with E-state index in [1.54, 1.807) is 0 Å². The predicted molar refractivity (Wildman–Crippen MR) is 96.2 cm³/mol. The quantitative estimate of drug-likeness (QED) is 0.856. The highest BCUT2D eigenvalue weighted by molar-refractivity contribution is 7.89. The standard InChI is InChI=1S/C18H28N2O3S/c1-13(2)15-6-8-16(9-7-15)18(14(3)4)19-17(21)12-20-10-5-11-24(20,22)23/h6-9,13-14,18H,5,10-12H2,1-4H3,(H,19,21). The number of sulfonamides is 1. The minimum Gasteiger partial charge on any atom is -0.348 e. The molecule has 6 heteroatoms. The van der Waals surface area contributed by atoms with Crippen molar-refractivity contribution in [3.05, 3.63) is 35.4 Å². The number of carbonyl (C=O) groups excluding carboxylic acids is 1. The van der Waals surface area contributed by atoms with Gasteiger partial charge < -0.3 is 5.32 Å². The van der Waals surface area contributed by atoms with Crippen LogP contribution in [0.3, 0.4) is 0 Å². The van der Waals surface area contributed by atoms with Gasteiger partial charge in [-0.3, -0.25) is 4.79 Å². The maximum atomic E-state index is 12.3. The smallest absolute Gasteiger partial charge is 0.235 e. The second-order valence-corrected chi connectivity index (χ2v) is 9.20. The van der Waals surface area contributed by atoms with E-state index in [9.17, 15) is 13.2 Å². The monoisotopic (exact) mass is 352 g/mol. The van der Waals surface area contributed by atoms with Crippen molar-refractivity contribution < 1.29 is 13.2 Å². The van der Waals surface area contributed by atoms with Crippen LogP contribution in [-0.2, 0) is 14.8 Å². The van der Waals surface area contributed by atoms with Gasteiger partial charge in [0.15, 0.2) is 0 Å². The van der Waals surface area contributed by atoms with Crippen LogP contribution in [0.5, 0.6) is 0 Å². The summed E-state index contributed by atoms with van der Waals surface area (Å²) in [6, 6.07) is 8.16. The van der Waals surface area contributed by atoms with Crippen molar-refractivity contribution in [2.45, 2.75) is 46.1 Å². The minimum atomic E-state index is -3.25. The molecule has 0 saturated carbocycles. The summed E-state index contributed by atoms with van der Waals surface area (Å²) in [6.07, 6.45) is 0.597. The molecular weight excluding hydrogens is 324 g/mol. The number of nitrogens with one attached hydrogen (secondary N) is 1. The molecule has 1 atom stereocenters. The molecule has 1 unspecified atom stereocenters. The van der Waals surface area contributed by atoms with E-state index in [4.69, 9.17) is 0 Å². The van der Waals surface area contributed by atoms with Crippen LogP contribution >= 0.6 is 0 Å². The summed E-state index contributed by atoms with van der Waals surface area (Å²) in [5.41, 5.74) is 2.31. The number of rotatable bonds is 6. The Balaban J connectivity index is 2.06. The summed E-state index contributed by atoms with van der Waals surface area (Å²) in [4.78, 5) is 12.3. The highest BCUT2D eigenvalue weighted by Gasteiger charge is 2.30. The molecule has 1 aliphatic rings. The van der Waals surface area contributed by atoms with E-state index in [2.05, 4.69) is 31.3 Å². The summed E-state index contributed by atoms with van der Waals surface area (Å²) < 4.78 is 24.9. The third kappa shape index (κ3) is 4.57. The molecule has 1 aliphatic heterocycles. The predicted octanol–water partition coefficient (Wildman–Crippen LogP) is 2.66. The third-order valence-electron chi connectivity index (χ3n) is 4.47. The Bertz CT molecular complexity index is 666. The Labute approximate surface area is 145 Å². The minimum absolute atomic E-state index is 0.0877. The molecule has 134 valence electrons. The normalized spacial score (nSPS) is 18.9. The first kappa shape index (κ1) is 18.9. The van der Waals surface area contributed by atoms with Crippen molar-refractivity contribution in [2.24, 2.45) is 5.92 Å². The maximum Gasteiger partial charge on any atom is 0.235 e. The van der Waals surface area contributed by atoms with Crippen LogP contribution in [0.2, 0.25) is 0 Å². The van der Waals surface area contributed by atoms with Crippen LogP contribution in [-0.4, -0.2) is 37.5 Å². The van der Waals surface area contributed by atoms with Gasteiger partial charge in [-0.1, -0.05) is 52.0 Å². The number of hydrogen-bond donors (Lipinski definition) is 1. The average Bonchev–Trinajstić information content (AvgIpc) is 2.83. The fourth-order valence-corrected chi connectivity index (χ4v) is 4.44. The average molecular weight is 352 g/mol. The first-order valence-corrected chi connectivity index (χ1v) is 10.2. The van der Waals surface area contributed by atoms with E-state index in [1.165, 1.54) is 9.87 Å². The van der Waals surface area contributed by atoms with E-state index in [0.29, 0.717) is 18.9 Å². The van der Waals surface area contributed by atoms with E-state index < -0.39 is 10.0 Å². The molecule has 0 bridgehead atoms. The van der Waals surface area contributed by atoms with Crippen LogP contribution in [0.4, 0.5) is 0 Å². The summed E-state index contributed by atoms with van der Waals surface area (Å²) in [5.74, 6) is 0.581.